The van der Waals surface area contributed by atoms with Gasteiger partial charge in [-0.3, -0.25) is 0 Å². The summed E-state index contributed by atoms with van der Waals surface area (Å²) < 4.78 is 51.2. The van der Waals surface area contributed by atoms with E-state index < -0.39 is 41.4 Å². The first-order valence-electron chi connectivity index (χ1n) is 3.87. The zero-order valence-corrected chi connectivity index (χ0v) is 7.27. The van der Waals surface area contributed by atoms with Crippen LogP contribution in [-0.2, 0) is 0 Å². The number of aliphatic hydroxyl groups excluding tert-OH is 1. The standard InChI is InChI=1S/C9H5F4NO/c10-4-3-5(11)9(13)7(8(4)12)6(15)1-2-14/h3,6,15H,1H2. The van der Waals surface area contributed by atoms with E-state index in [0.717, 1.165) is 0 Å². The minimum absolute atomic E-state index is 0.0350. The van der Waals surface area contributed by atoms with Crippen LogP contribution in [0.25, 0.3) is 0 Å². The van der Waals surface area contributed by atoms with Crippen molar-refractivity contribution in [2.24, 2.45) is 0 Å². The number of benzene rings is 1. The summed E-state index contributed by atoms with van der Waals surface area (Å²) in [6, 6.07) is 1.47. The molecule has 0 radical (unpaired) electrons. The number of nitriles is 1. The monoisotopic (exact) mass is 219 g/mol. The maximum atomic E-state index is 13.0. The number of nitrogens with zero attached hydrogens (tertiary/aromatic N) is 1. The molecule has 1 rings (SSSR count). The highest BCUT2D eigenvalue weighted by Gasteiger charge is 2.24. The summed E-state index contributed by atoms with van der Waals surface area (Å²) in [5.41, 5.74) is -1.16. The molecule has 1 unspecified atom stereocenters. The molecule has 0 spiro atoms. The third kappa shape index (κ3) is 2.07. The van der Waals surface area contributed by atoms with E-state index in [4.69, 9.17) is 10.4 Å². The van der Waals surface area contributed by atoms with Crippen molar-refractivity contribution in [1.29, 1.82) is 5.26 Å². The van der Waals surface area contributed by atoms with Gasteiger partial charge in [0.25, 0.3) is 0 Å². The third-order valence-electron chi connectivity index (χ3n) is 1.76. The Labute approximate surface area is 82.4 Å². The molecule has 0 aliphatic carbocycles. The molecule has 2 nitrogen and oxygen atoms in total. The molecule has 1 N–H and O–H groups in total. The molecule has 6 heteroatoms. The van der Waals surface area contributed by atoms with Gasteiger partial charge in [-0.1, -0.05) is 0 Å². The van der Waals surface area contributed by atoms with Gasteiger partial charge in [0, 0.05) is 6.07 Å². The van der Waals surface area contributed by atoms with Gasteiger partial charge in [0.1, 0.15) is 0 Å². The maximum Gasteiger partial charge on any atom is 0.167 e. The van der Waals surface area contributed by atoms with Crippen LogP contribution in [0.3, 0.4) is 0 Å². The van der Waals surface area contributed by atoms with Gasteiger partial charge < -0.3 is 5.11 Å². The number of halogens is 4. The highest BCUT2D eigenvalue weighted by Crippen LogP contribution is 2.26. The van der Waals surface area contributed by atoms with Gasteiger partial charge in [0.05, 0.1) is 24.2 Å². The molecule has 0 amide bonds. The highest BCUT2D eigenvalue weighted by atomic mass is 19.2. The second-order valence-corrected chi connectivity index (χ2v) is 2.76. The van der Waals surface area contributed by atoms with E-state index in [1.54, 1.807) is 0 Å². The molecule has 0 saturated heterocycles. The van der Waals surface area contributed by atoms with Crippen LogP contribution in [0, 0.1) is 34.6 Å². The lowest BCUT2D eigenvalue weighted by Crippen LogP contribution is -2.08. The van der Waals surface area contributed by atoms with Gasteiger partial charge in [-0.2, -0.15) is 5.26 Å². The predicted octanol–water partition coefficient (Wildman–Crippen LogP) is 2.19. The smallest absolute Gasteiger partial charge is 0.167 e. The minimum atomic E-state index is -1.89. The number of hydrogen-bond donors (Lipinski definition) is 1. The van der Waals surface area contributed by atoms with E-state index in [1.165, 1.54) is 6.07 Å². The summed E-state index contributed by atoms with van der Waals surface area (Å²) >= 11 is 0. The van der Waals surface area contributed by atoms with E-state index >= 15 is 0 Å². The Bertz CT molecular complexity index is 401. The van der Waals surface area contributed by atoms with E-state index in [-0.39, 0.29) is 6.07 Å². The first-order chi connectivity index (χ1) is 6.99. The Morgan fingerprint density at radius 3 is 2.07 bits per heavy atom. The fraction of sp³-hybridized carbons (Fsp3) is 0.222. The molecule has 0 fully saturated rings. The Hall–Kier alpha value is -1.61. The van der Waals surface area contributed by atoms with Gasteiger partial charge in [-0.05, 0) is 0 Å². The van der Waals surface area contributed by atoms with Crippen LogP contribution in [0.5, 0.6) is 0 Å². The Morgan fingerprint density at radius 1 is 1.20 bits per heavy atom. The van der Waals surface area contributed by atoms with Gasteiger partial charge in [-0.25, -0.2) is 17.6 Å². The largest absolute Gasteiger partial charge is 0.387 e. The van der Waals surface area contributed by atoms with Gasteiger partial charge in [-0.15, -0.1) is 0 Å². The minimum Gasteiger partial charge on any atom is -0.387 e. The summed E-state index contributed by atoms with van der Waals surface area (Å²) in [7, 11) is 0. The molecule has 0 aliphatic heterocycles. The van der Waals surface area contributed by atoms with Crippen molar-refractivity contribution >= 4 is 0 Å². The van der Waals surface area contributed by atoms with Crippen molar-refractivity contribution < 1.29 is 22.7 Å². The van der Waals surface area contributed by atoms with E-state index in [0.29, 0.717) is 0 Å². The zero-order chi connectivity index (χ0) is 11.6. The summed E-state index contributed by atoms with van der Waals surface area (Å²) in [6.07, 6.45) is -2.54. The third-order valence-corrected chi connectivity index (χ3v) is 1.76. The normalized spacial score (nSPS) is 12.3. The van der Waals surface area contributed by atoms with Crippen LogP contribution >= 0.6 is 0 Å². The quantitative estimate of drug-likeness (QED) is 0.612. The predicted molar refractivity (Wildman–Crippen MR) is 41.5 cm³/mol. The first kappa shape index (κ1) is 11.5. The fourth-order valence-corrected chi connectivity index (χ4v) is 1.07. The summed E-state index contributed by atoms with van der Waals surface area (Å²) in [4.78, 5) is 0. The molecular formula is C9H5F4NO. The van der Waals surface area contributed by atoms with Crippen LogP contribution < -0.4 is 0 Å². The molecule has 0 aliphatic rings. The van der Waals surface area contributed by atoms with E-state index in [9.17, 15) is 17.6 Å². The molecule has 0 heterocycles. The molecule has 80 valence electrons. The van der Waals surface area contributed by atoms with Crippen LogP contribution in [0.15, 0.2) is 6.07 Å². The number of aliphatic hydroxyl groups is 1. The molecular weight excluding hydrogens is 214 g/mol. The van der Waals surface area contributed by atoms with Gasteiger partial charge >= 0.3 is 0 Å². The Balaban J connectivity index is 3.33. The number of hydrogen-bond acceptors (Lipinski definition) is 2. The second kappa shape index (κ2) is 4.28. The average Bonchev–Trinajstić information content (AvgIpc) is 2.16. The Morgan fingerprint density at radius 2 is 1.67 bits per heavy atom. The van der Waals surface area contributed by atoms with Crippen molar-refractivity contribution in [2.45, 2.75) is 12.5 Å². The summed E-state index contributed by atoms with van der Waals surface area (Å²) in [6.45, 7) is 0. The second-order valence-electron chi connectivity index (χ2n) is 2.76. The lowest BCUT2D eigenvalue weighted by molar-refractivity contribution is 0.170. The fourth-order valence-electron chi connectivity index (χ4n) is 1.07. The van der Waals surface area contributed by atoms with E-state index in [2.05, 4.69) is 0 Å². The van der Waals surface area contributed by atoms with Crippen LogP contribution in [-0.4, -0.2) is 5.11 Å². The van der Waals surface area contributed by atoms with Crippen LogP contribution in [0.1, 0.15) is 18.1 Å². The molecule has 1 aromatic carbocycles. The highest BCUT2D eigenvalue weighted by molar-refractivity contribution is 5.25. The van der Waals surface area contributed by atoms with Crippen molar-refractivity contribution in [1.82, 2.24) is 0 Å². The lowest BCUT2D eigenvalue weighted by atomic mass is 10.1. The van der Waals surface area contributed by atoms with Crippen molar-refractivity contribution in [3.8, 4) is 6.07 Å². The SMILES string of the molecule is N#CCC(O)c1c(F)c(F)cc(F)c1F. The van der Waals surface area contributed by atoms with Crippen LogP contribution in [0.4, 0.5) is 17.6 Å². The van der Waals surface area contributed by atoms with E-state index in [1.807, 2.05) is 0 Å². The molecule has 15 heavy (non-hydrogen) atoms. The Kier molecular flexibility index (Phi) is 3.27. The zero-order valence-electron chi connectivity index (χ0n) is 7.27. The molecule has 0 bridgehead atoms. The summed E-state index contributed by atoms with van der Waals surface area (Å²) in [5, 5.41) is 17.3. The van der Waals surface area contributed by atoms with Gasteiger partial charge in [0.2, 0.25) is 0 Å². The number of rotatable bonds is 2. The molecule has 1 aromatic rings. The molecule has 1 atom stereocenters. The maximum absolute atomic E-state index is 13.0. The topological polar surface area (TPSA) is 44.0 Å². The van der Waals surface area contributed by atoms with Crippen molar-refractivity contribution in [3.05, 3.63) is 34.9 Å². The van der Waals surface area contributed by atoms with Crippen molar-refractivity contribution in [2.75, 3.05) is 0 Å². The summed E-state index contributed by atoms with van der Waals surface area (Å²) in [5.74, 6) is -6.59. The lowest BCUT2D eigenvalue weighted by Gasteiger charge is -2.10. The molecule has 0 aromatic heterocycles. The first-order valence-corrected chi connectivity index (χ1v) is 3.87. The van der Waals surface area contributed by atoms with Crippen LogP contribution in [0.2, 0.25) is 0 Å². The van der Waals surface area contributed by atoms with Crippen molar-refractivity contribution in [3.63, 3.8) is 0 Å². The molecule has 0 saturated carbocycles. The van der Waals surface area contributed by atoms with Gasteiger partial charge in [0.15, 0.2) is 23.3 Å². The average molecular weight is 219 g/mol.